The van der Waals surface area contributed by atoms with Crippen molar-refractivity contribution in [3.8, 4) is 0 Å². The Balaban J connectivity index is 1.26. The van der Waals surface area contributed by atoms with Crippen LogP contribution in [0.5, 0.6) is 0 Å². The minimum Gasteiger partial charge on any atom is -0.345 e. The second kappa shape index (κ2) is 7.98. The molecule has 4 heterocycles. The number of aromatic nitrogens is 6. The number of hydrogen-bond donors (Lipinski definition) is 3. The van der Waals surface area contributed by atoms with Crippen LogP contribution in [0.4, 0.5) is 0 Å². The number of rotatable bonds is 5. The van der Waals surface area contributed by atoms with E-state index in [0.717, 1.165) is 27.4 Å². The van der Waals surface area contributed by atoms with E-state index in [9.17, 15) is 4.79 Å². The smallest absolute Gasteiger partial charge is 0.291 e. The average Bonchev–Trinajstić information content (AvgIpc) is 3.38. The highest BCUT2D eigenvalue weighted by Crippen LogP contribution is 2.22. The Morgan fingerprint density at radius 3 is 2.87 bits per heavy atom. The molecule has 0 saturated heterocycles. The van der Waals surface area contributed by atoms with Gasteiger partial charge in [-0.1, -0.05) is 29.3 Å². The monoisotopic (exact) mass is 451 g/mol. The number of nitrogens with one attached hydrogen (secondary N) is 3. The van der Waals surface area contributed by atoms with E-state index >= 15 is 0 Å². The van der Waals surface area contributed by atoms with Gasteiger partial charge in [0, 0.05) is 42.3 Å². The summed E-state index contributed by atoms with van der Waals surface area (Å²) in [5.74, 6) is 0.285. The lowest BCUT2D eigenvalue weighted by Crippen LogP contribution is -2.24. The number of carbonyl (C=O) groups excluding carboxylic acids is 1. The van der Waals surface area contributed by atoms with Crippen LogP contribution in [-0.4, -0.2) is 36.0 Å². The van der Waals surface area contributed by atoms with Crippen molar-refractivity contribution in [3.05, 3.63) is 81.7 Å². The third-order valence-corrected chi connectivity index (χ3v) is 5.33. The summed E-state index contributed by atoms with van der Waals surface area (Å²) in [4.78, 5) is 28.3. The average molecular weight is 452 g/mol. The lowest BCUT2D eigenvalue weighted by Gasteiger charge is -2.03. The number of benzene rings is 1. The first-order valence-corrected chi connectivity index (χ1v) is 10.2. The Labute approximate surface area is 186 Å². The lowest BCUT2D eigenvalue weighted by molar-refractivity contribution is 0.0941. The van der Waals surface area contributed by atoms with Gasteiger partial charge in [0.15, 0.2) is 0 Å². The first-order chi connectivity index (χ1) is 15.0. The highest BCUT2D eigenvalue weighted by molar-refractivity contribution is 6.35. The fraction of sp³-hybridized carbons (Fsp3) is 0.0952. The van der Waals surface area contributed by atoms with Crippen LogP contribution >= 0.6 is 23.2 Å². The second-order valence-corrected chi connectivity index (χ2v) is 7.87. The number of aromatic amines is 2. The Bertz CT molecular complexity index is 1430. The van der Waals surface area contributed by atoms with Gasteiger partial charge in [0.2, 0.25) is 5.82 Å². The SMILES string of the molecule is O=C(NCc1cnc2[nH]cc(Cl)c2c1)c1n[nH]c(Cc2ccc3ncc(Cl)cc3c2)n1. The van der Waals surface area contributed by atoms with E-state index in [2.05, 4.69) is 35.5 Å². The maximum atomic E-state index is 12.4. The molecule has 0 atom stereocenters. The van der Waals surface area contributed by atoms with Gasteiger partial charge in [-0.15, -0.1) is 5.10 Å². The van der Waals surface area contributed by atoms with E-state index in [0.29, 0.717) is 27.9 Å². The number of fused-ring (bicyclic) bond motifs is 2. The summed E-state index contributed by atoms with van der Waals surface area (Å²) in [6.07, 6.45) is 5.47. The van der Waals surface area contributed by atoms with Crippen molar-refractivity contribution in [1.29, 1.82) is 0 Å². The van der Waals surface area contributed by atoms with Crippen LogP contribution in [0.2, 0.25) is 10.0 Å². The molecule has 4 aromatic heterocycles. The van der Waals surface area contributed by atoms with Crippen molar-refractivity contribution < 1.29 is 4.79 Å². The van der Waals surface area contributed by atoms with E-state index in [1.807, 2.05) is 30.3 Å². The molecular formula is C21H15Cl2N7O. The summed E-state index contributed by atoms with van der Waals surface area (Å²) in [6, 6.07) is 9.62. The highest BCUT2D eigenvalue weighted by Gasteiger charge is 2.13. The molecule has 31 heavy (non-hydrogen) atoms. The minimum absolute atomic E-state index is 0.0780. The van der Waals surface area contributed by atoms with E-state index in [-0.39, 0.29) is 18.3 Å². The summed E-state index contributed by atoms with van der Waals surface area (Å²) in [5, 5.41) is 12.6. The maximum absolute atomic E-state index is 12.4. The normalized spacial score (nSPS) is 11.3. The molecule has 1 aromatic carbocycles. The summed E-state index contributed by atoms with van der Waals surface area (Å²) in [7, 11) is 0. The molecule has 10 heteroatoms. The van der Waals surface area contributed by atoms with Gasteiger partial charge in [0.05, 0.1) is 15.6 Å². The van der Waals surface area contributed by atoms with Gasteiger partial charge < -0.3 is 10.3 Å². The Hall–Kier alpha value is -3.49. The molecule has 154 valence electrons. The molecule has 3 N–H and O–H groups in total. The zero-order chi connectivity index (χ0) is 21.4. The first-order valence-electron chi connectivity index (χ1n) is 9.40. The fourth-order valence-corrected chi connectivity index (χ4v) is 3.67. The predicted octanol–water partition coefficient (Wildman–Crippen LogP) is 4.06. The van der Waals surface area contributed by atoms with Crippen molar-refractivity contribution in [2.45, 2.75) is 13.0 Å². The van der Waals surface area contributed by atoms with Crippen LogP contribution in [0.15, 0.2) is 48.9 Å². The van der Waals surface area contributed by atoms with Crippen molar-refractivity contribution in [2.75, 3.05) is 0 Å². The maximum Gasteiger partial charge on any atom is 0.291 e. The van der Waals surface area contributed by atoms with Gasteiger partial charge in [0.1, 0.15) is 11.5 Å². The molecule has 0 radical (unpaired) electrons. The summed E-state index contributed by atoms with van der Waals surface area (Å²) < 4.78 is 0. The van der Waals surface area contributed by atoms with Crippen LogP contribution in [0.25, 0.3) is 21.9 Å². The second-order valence-electron chi connectivity index (χ2n) is 7.02. The standard InChI is InChI=1S/C21H15Cl2N7O/c22-14-6-13-3-11(1-2-17(13)24-9-14)5-18-28-20(30-29-18)21(31)27-8-12-4-15-16(23)10-26-19(15)25-7-12/h1-4,6-7,9-10H,5,8H2,(H,25,26)(H,27,31)(H,28,29,30). The predicted molar refractivity (Wildman–Crippen MR) is 118 cm³/mol. The van der Waals surface area contributed by atoms with Gasteiger partial charge in [-0.05, 0) is 35.4 Å². The topological polar surface area (TPSA) is 112 Å². The van der Waals surface area contributed by atoms with Crippen LogP contribution in [0, 0.1) is 0 Å². The Kier molecular flexibility index (Phi) is 5.01. The van der Waals surface area contributed by atoms with Crippen LogP contribution in [0.1, 0.15) is 27.6 Å². The van der Waals surface area contributed by atoms with Gasteiger partial charge in [-0.3, -0.25) is 14.9 Å². The third kappa shape index (κ3) is 4.08. The molecule has 8 nitrogen and oxygen atoms in total. The van der Waals surface area contributed by atoms with E-state index < -0.39 is 0 Å². The van der Waals surface area contributed by atoms with Crippen molar-refractivity contribution in [1.82, 2.24) is 35.5 Å². The number of carbonyl (C=O) groups is 1. The van der Waals surface area contributed by atoms with Crippen molar-refractivity contribution in [3.63, 3.8) is 0 Å². The molecule has 0 unspecified atom stereocenters. The Morgan fingerprint density at radius 1 is 1.06 bits per heavy atom. The van der Waals surface area contributed by atoms with Crippen molar-refractivity contribution >= 4 is 51.0 Å². The first kappa shape index (κ1) is 19.5. The van der Waals surface area contributed by atoms with Crippen molar-refractivity contribution in [2.24, 2.45) is 0 Å². The number of pyridine rings is 2. The van der Waals surface area contributed by atoms with Crippen LogP contribution in [-0.2, 0) is 13.0 Å². The molecule has 5 rings (SSSR count). The minimum atomic E-state index is -0.378. The zero-order valence-electron chi connectivity index (χ0n) is 16.0. The molecular weight excluding hydrogens is 437 g/mol. The largest absolute Gasteiger partial charge is 0.345 e. The molecule has 0 aliphatic rings. The highest BCUT2D eigenvalue weighted by atomic mass is 35.5. The van der Waals surface area contributed by atoms with Crippen LogP contribution in [0.3, 0.4) is 0 Å². The zero-order valence-corrected chi connectivity index (χ0v) is 17.5. The quantitative estimate of drug-likeness (QED) is 0.372. The molecule has 0 spiro atoms. The number of H-pyrrole nitrogens is 2. The molecule has 0 bridgehead atoms. The van der Waals surface area contributed by atoms with Gasteiger partial charge in [-0.25, -0.2) is 9.97 Å². The van der Waals surface area contributed by atoms with Gasteiger partial charge in [-0.2, -0.15) is 0 Å². The molecule has 0 aliphatic carbocycles. The summed E-state index contributed by atoms with van der Waals surface area (Å²) in [6.45, 7) is 0.283. The number of amides is 1. The molecule has 0 saturated carbocycles. The fourth-order valence-electron chi connectivity index (χ4n) is 3.31. The van der Waals surface area contributed by atoms with Gasteiger partial charge >= 0.3 is 0 Å². The molecule has 0 aliphatic heterocycles. The number of hydrogen-bond acceptors (Lipinski definition) is 5. The number of nitrogens with zero attached hydrogens (tertiary/aromatic N) is 4. The molecule has 0 fully saturated rings. The van der Waals surface area contributed by atoms with Crippen LogP contribution < -0.4 is 5.32 Å². The van der Waals surface area contributed by atoms with Gasteiger partial charge in [0.25, 0.3) is 5.91 Å². The van der Waals surface area contributed by atoms with E-state index in [1.54, 1.807) is 18.6 Å². The summed E-state index contributed by atoms with van der Waals surface area (Å²) >= 11 is 12.1. The molecule has 1 amide bonds. The Morgan fingerprint density at radius 2 is 1.97 bits per heavy atom. The van der Waals surface area contributed by atoms with E-state index in [1.165, 1.54) is 0 Å². The lowest BCUT2D eigenvalue weighted by atomic mass is 10.1. The third-order valence-electron chi connectivity index (χ3n) is 4.81. The van der Waals surface area contributed by atoms with E-state index in [4.69, 9.17) is 23.2 Å². The summed E-state index contributed by atoms with van der Waals surface area (Å²) in [5.41, 5.74) is 3.38. The molecule has 5 aromatic rings. The number of halogens is 2.